The van der Waals surface area contributed by atoms with Crippen LogP contribution in [0.4, 0.5) is 0 Å². The number of hydrogen-bond acceptors (Lipinski definition) is 2. The first-order valence-electron chi connectivity index (χ1n) is 7.11. The SMILES string of the molecule is CCC1CCC(=O)N(CC(N)C(C)CC)CC1. The maximum Gasteiger partial charge on any atom is 0.222 e. The van der Waals surface area contributed by atoms with Gasteiger partial charge in [0.15, 0.2) is 0 Å². The third kappa shape index (κ3) is 4.30. The second-order valence-corrected chi connectivity index (χ2v) is 5.49. The van der Waals surface area contributed by atoms with Crippen molar-refractivity contribution < 1.29 is 4.79 Å². The number of amides is 1. The summed E-state index contributed by atoms with van der Waals surface area (Å²) in [4.78, 5) is 14.0. The van der Waals surface area contributed by atoms with E-state index in [2.05, 4.69) is 20.8 Å². The average Bonchev–Trinajstić information content (AvgIpc) is 2.51. The Labute approximate surface area is 106 Å². The van der Waals surface area contributed by atoms with E-state index in [9.17, 15) is 4.79 Å². The van der Waals surface area contributed by atoms with E-state index in [1.165, 1.54) is 6.42 Å². The van der Waals surface area contributed by atoms with Crippen molar-refractivity contribution in [3.05, 3.63) is 0 Å². The van der Waals surface area contributed by atoms with Gasteiger partial charge >= 0.3 is 0 Å². The molecule has 1 heterocycles. The van der Waals surface area contributed by atoms with Crippen LogP contribution in [0.5, 0.6) is 0 Å². The van der Waals surface area contributed by atoms with Gasteiger partial charge in [0.2, 0.25) is 5.91 Å². The molecule has 0 aliphatic carbocycles. The maximum atomic E-state index is 12.0. The van der Waals surface area contributed by atoms with Crippen molar-refractivity contribution in [2.75, 3.05) is 13.1 Å². The van der Waals surface area contributed by atoms with E-state index in [1.807, 2.05) is 4.90 Å². The summed E-state index contributed by atoms with van der Waals surface area (Å²) >= 11 is 0. The lowest BCUT2D eigenvalue weighted by molar-refractivity contribution is -0.131. The third-order valence-corrected chi connectivity index (χ3v) is 4.31. The van der Waals surface area contributed by atoms with E-state index in [4.69, 9.17) is 5.73 Å². The van der Waals surface area contributed by atoms with Crippen molar-refractivity contribution in [3.8, 4) is 0 Å². The van der Waals surface area contributed by atoms with Gasteiger partial charge in [0, 0.05) is 25.6 Å². The molecule has 2 N–H and O–H groups in total. The predicted octanol–water partition coefficient (Wildman–Crippen LogP) is 2.40. The molecule has 3 heteroatoms. The smallest absolute Gasteiger partial charge is 0.222 e. The Kier molecular flexibility index (Phi) is 5.96. The number of nitrogens with zero attached hydrogens (tertiary/aromatic N) is 1. The highest BCUT2D eigenvalue weighted by Crippen LogP contribution is 2.21. The fraction of sp³-hybridized carbons (Fsp3) is 0.929. The molecular weight excluding hydrogens is 212 g/mol. The standard InChI is InChI=1S/C14H28N2O/c1-4-11(3)13(15)10-16-9-8-12(5-2)6-7-14(16)17/h11-13H,4-10,15H2,1-3H3. The Hall–Kier alpha value is -0.570. The van der Waals surface area contributed by atoms with Crippen LogP contribution in [0.25, 0.3) is 0 Å². The van der Waals surface area contributed by atoms with Crippen LogP contribution in [0.3, 0.4) is 0 Å². The number of likely N-dealkylation sites (tertiary alicyclic amines) is 1. The predicted molar refractivity (Wildman–Crippen MR) is 71.6 cm³/mol. The highest BCUT2D eigenvalue weighted by Gasteiger charge is 2.24. The first-order valence-corrected chi connectivity index (χ1v) is 7.11. The molecule has 17 heavy (non-hydrogen) atoms. The lowest BCUT2D eigenvalue weighted by Gasteiger charge is -2.27. The zero-order valence-electron chi connectivity index (χ0n) is 11.6. The summed E-state index contributed by atoms with van der Waals surface area (Å²) in [7, 11) is 0. The minimum Gasteiger partial charge on any atom is -0.341 e. The Morgan fingerprint density at radius 1 is 1.41 bits per heavy atom. The van der Waals surface area contributed by atoms with Crippen LogP contribution in [0.1, 0.15) is 52.9 Å². The van der Waals surface area contributed by atoms with Crippen LogP contribution in [0.15, 0.2) is 0 Å². The molecule has 1 amide bonds. The molecule has 1 aliphatic heterocycles. The number of nitrogens with two attached hydrogens (primary N) is 1. The molecular formula is C14H28N2O. The normalized spacial score (nSPS) is 25.5. The molecule has 1 rings (SSSR count). The summed E-state index contributed by atoms with van der Waals surface area (Å²) in [6.45, 7) is 8.19. The van der Waals surface area contributed by atoms with Crippen molar-refractivity contribution in [3.63, 3.8) is 0 Å². The van der Waals surface area contributed by atoms with Crippen LogP contribution < -0.4 is 5.73 Å². The molecule has 0 aromatic rings. The van der Waals surface area contributed by atoms with E-state index in [1.54, 1.807) is 0 Å². The topological polar surface area (TPSA) is 46.3 Å². The molecule has 1 saturated heterocycles. The molecule has 100 valence electrons. The Balaban J connectivity index is 2.49. The molecule has 1 fully saturated rings. The van der Waals surface area contributed by atoms with Gasteiger partial charge in [-0.1, -0.05) is 33.6 Å². The molecule has 0 radical (unpaired) electrons. The first kappa shape index (κ1) is 14.5. The van der Waals surface area contributed by atoms with E-state index < -0.39 is 0 Å². The van der Waals surface area contributed by atoms with E-state index >= 15 is 0 Å². The molecule has 0 aromatic heterocycles. The molecule has 3 unspecified atom stereocenters. The Bertz CT molecular complexity index is 242. The largest absolute Gasteiger partial charge is 0.341 e. The van der Waals surface area contributed by atoms with Crippen LogP contribution in [-0.4, -0.2) is 29.9 Å². The average molecular weight is 240 g/mol. The maximum absolute atomic E-state index is 12.0. The van der Waals surface area contributed by atoms with Gasteiger partial charge in [-0.05, 0) is 24.7 Å². The van der Waals surface area contributed by atoms with E-state index in [0.717, 1.165) is 38.3 Å². The van der Waals surface area contributed by atoms with Crippen molar-refractivity contribution >= 4 is 5.91 Å². The van der Waals surface area contributed by atoms with Crippen molar-refractivity contribution in [1.29, 1.82) is 0 Å². The monoisotopic (exact) mass is 240 g/mol. The lowest BCUT2D eigenvalue weighted by Crippen LogP contribution is -2.44. The first-order chi connectivity index (χ1) is 8.08. The quantitative estimate of drug-likeness (QED) is 0.802. The van der Waals surface area contributed by atoms with Gasteiger partial charge in [-0.25, -0.2) is 0 Å². The third-order valence-electron chi connectivity index (χ3n) is 4.31. The summed E-state index contributed by atoms with van der Waals surface area (Å²) in [6, 6.07) is 0.127. The van der Waals surface area contributed by atoms with Crippen molar-refractivity contribution in [2.24, 2.45) is 17.6 Å². The molecule has 0 aromatic carbocycles. The zero-order chi connectivity index (χ0) is 12.8. The number of carbonyl (C=O) groups is 1. The minimum absolute atomic E-state index is 0.127. The molecule has 3 nitrogen and oxygen atoms in total. The molecule has 0 spiro atoms. The van der Waals surface area contributed by atoms with Crippen LogP contribution in [-0.2, 0) is 4.79 Å². The van der Waals surface area contributed by atoms with Crippen LogP contribution >= 0.6 is 0 Å². The second-order valence-electron chi connectivity index (χ2n) is 5.49. The van der Waals surface area contributed by atoms with E-state index in [-0.39, 0.29) is 6.04 Å². The van der Waals surface area contributed by atoms with Gasteiger partial charge in [-0.15, -0.1) is 0 Å². The number of rotatable bonds is 5. The second kappa shape index (κ2) is 7.00. The van der Waals surface area contributed by atoms with Gasteiger partial charge in [0.05, 0.1) is 0 Å². The van der Waals surface area contributed by atoms with Crippen molar-refractivity contribution in [2.45, 2.75) is 58.9 Å². The summed E-state index contributed by atoms with van der Waals surface area (Å²) in [6.07, 6.45) is 5.20. The molecule has 0 saturated carbocycles. The fourth-order valence-electron chi connectivity index (χ4n) is 2.43. The zero-order valence-corrected chi connectivity index (χ0v) is 11.6. The number of hydrogen-bond donors (Lipinski definition) is 1. The van der Waals surface area contributed by atoms with Gasteiger partial charge in [-0.3, -0.25) is 4.79 Å². The summed E-state index contributed by atoms with van der Waals surface area (Å²) in [5, 5.41) is 0. The van der Waals surface area contributed by atoms with Crippen molar-refractivity contribution in [1.82, 2.24) is 4.90 Å². The minimum atomic E-state index is 0.127. The highest BCUT2D eigenvalue weighted by molar-refractivity contribution is 5.76. The Morgan fingerprint density at radius 3 is 2.71 bits per heavy atom. The van der Waals surface area contributed by atoms with Crippen LogP contribution in [0, 0.1) is 11.8 Å². The summed E-state index contributed by atoms with van der Waals surface area (Å²) < 4.78 is 0. The van der Waals surface area contributed by atoms with Gasteiger partial charge in [0.1, 0.15) is 0 Å². The summed E-state index contributed by atoms with van der Waals surface area (Å²) in [5.41, 5.74) is 6.15. The number of carbonyl (C=O) groups excluding carboxylic acids is 1. The van der Waals surface area contributed by atoms with Crippen LogP contribution in [0.2, 0.25) is 0 Å². The lowest BCUT2D eigenvalue weighted by atomic mass is 9.98. The van der Waals surface area contributed by atoms with Gasteiger partial charge in [0.25, 0.3) is 0 Å². The highest BCUT2D eigenvalue weighted by atomic mass is 16.2. The molecule has 1 aliphatic rings. The van der Waals surface area contributed by atoms with E-state index in [0.29, 0.717) is 18.2 Å². The van der Waals surface area contributed by atoms with Gasteiger partial charge < -0.3 is 10.6 Å². The Morgan fingerprint density at radius 2 is 2.12 bits per heavy atom. The molecule has 0 bridgehead atoms. The van der Waals surface area contributed by atoms with Gasteiger partial charge in [-0.2, -0.15) is 0 Å². The fourth-order valence-corrected chi connectivity index (χ4v) is 2.43. The molecule has 3 atom stereocenters. The summed E-state index contributed by atoms with van der Waals surface area (Å²) in [5.74, 6) is 1.52.